The van der Waals surface area contributed by atoms with Gasteiger partial charge >= 0.3 is 6.18 Å². The average molecular weight is 281 g/mol. The number of nitrogens with zero attached hydrogens (tertiary/aromatic N) is 1. The van der Waals surface area contributed by atoms with Gasteiger partial charge in [0.25, 0.3) is 0 Å². The van der Waals surface area contributed by atoms with Crippen LogP contribution < -0.4 is 4.74 Å². The Kier molecular flexibility index (Phi) is 3.61. The zero-order valence-corrected chi connectivity index (χ0v) is 9.91. The van der Waals surface area contributed by atoms with E-state index in [4.69, 9.17) is 10.00 Å². The molecular formula is C14H7F4NO. The molecule has 0 aromatic heterocycles. The summed E-state index contributed by atoms with van der Waals surface area (Å²) in [5.74, 6) is -0.361. The summed E-state index contributed by atoms with van der Waals surface area (Å²) < 4.78 is 56.1. The van der Waals surface area contributed by atoms with Gasteiger partial charge < -0.3 is 4.74 Å². The number of alkyl halides is 3. The highest BCUT2D eigenvalue weighted by Gasteiger charge is 2.34. The van der Waals surface area contributed by atoms with E-state index in [1.165, 1.54) is 24.3 Å². The van der Waals surface area contributed by atoms with Crippen molar-refractivity contribution >= 4 is 0 Å². The predicted octanol–water partition coefficient (Wildman–Crippen LogP) is 4.51. The first-order valence-corrected chi connectivity index (χ1v) is 5.45. The van der Waals surface area contributed by atoms with E-state index in [1.807, 2.05) is 0 Å². The fraction of sp³-hybridized carbons (Fsp3) is 0.0714. The van der Waals surface area contributed by atoms with Crippen LogP contribution in [-0.4, -0.2) is 0 Å². The van der Waals surface area contributed by atoms with Gasteiger partial charge in [-0.15, -0.1) is 0 Å². The summed E-state index contributed by atoms with van der Waals surface area (Å²) in [4.78, 5) is 0. The molecule has 0 aliphatic carbocycles. The third kappa shape index (κ3) is 3.06. The molecule has 2 nitrogen and oxygen atoms in total. The molecule has 0 radical (unpaired) electrons. The van der Waals surface area contributed by atoms with Gasteiger partial charge in [0.2, 0.25) is 0 Å². The molecule has 0 spiro atoms. The summed E-state index contributed by atoms with van der Waals surface area (Å²) in [6, 6.07) is 9.33. The molecule has 0 bridgehead atoms. The van der Waals surface area contributed by atoms with Gasteiger partial charge in [-0.05, 0) is 42.5 Å². The number of rotatable bonds is 2. The van der Waals surface area contributed by atoms with E-state index in [2.05, 4.69) is 0 Å². The van der Waals surface area contributed by atoms with Crippen LogP contribution in [0.15, 0.2) is 42.5 Å². The second-order valence-electron chi connectivity index (χ2n) is 3.87. The number of nitriles is 1. The fourth-order valence-corrected chi connectivity index (χ4v) is 1.56. The molecule has 0 fully saturated rings. The summed E-state index contributed by atoms with van der Waals surface area (Å²) >= 11 is 0. The molecule has 0 saturated carbocycles. The molecule has 102 valence electrons. The van der Waals surface area contributed by atoms with E-state index in [9.17, 15) is 17.6 Å². The van der Waals surface area contributed by atoms with Gasteiger partial charge in [-0.1, -0.05) is 0 Å². The van der Waals surface area contributed by atoms with Crippen molar-refractivity contribution in [3.8, 4) is 17.6 Å². The molecule has 20 heavy (non-hydrogen) atoms. The smallest absolute Gasteiger partial charge is 0.417 e. The lowest BCUT2D eigenvalue weighted by atomic mass is 10.1. The quantitative estimate of drug-likeness (QED) is 0.759. The molecule has 0 unspecified atom stereocenters. The zero-order valence-electron chi connectivity index (χ0n) is 9.91. The van der Waals surface area contributed by atoms with Crippen molar-refractivity contribution in [2.45, 2.75) is 6.18 Å². The predicted molar refractivity (Wildman–Crippen MR) is 62.6 cm³/mol. The maximum atomic E-state index is 12.8. The first-order valence-electron chi connectivity index (χ1n) is 5.45. The minimum absolute atomic E-state index is 0.0806. The van der Waals surface area contributed by atoms with Crippen LogP contribution in [0.25, 0.3) is 0 Å². The summed E-state index contributed by atoms with van der Waals surface area (Å²) in [7, 11) is 0. The first kappa shape index (κ1) is 13.9. The number of hydrogen-bond donors (Lipinski definition) is 0. The van der Waals surface area contributed by atoms with Crippen molar-refractivity contribution < 1.29 is 22.3 Å². The molecule has 0 saturated heterocycles. The lowest BCUT2D eigenvalue weighted by molar-refractivity contribution is -0.137. The van der Waals surface area contributed by atoms with Crippen LogP contribution in [0.2, 0.25) is 0 Å². The van der Waals surface area contributed by atoms with Crippen LogP contribution in [0.5, 0.6) is 11.5 Å². The minimum atomic E-state index is -4.65. The fourth-order valence-electron chi connectivity index (χ4n) is 1.56. The maximum absolute atomic E-state index is 12.8. The van der Waals surface area contributed by atoms with Crippen molar-refractivity contribution in [1.82, 2.24) is 0 Å². The Balaban J connectivity index is 2.34. The topological polar surface area (TPSA) is 33.0 Å². The number of hydrogen-bond acceptors (Lipinski definition) is 2. The van der Waals surface area contributed by atoms with Gasteiger partial charge in [0.15, 0.2) is 0 Å². The van der Waals surface area contributed by atoms with Crippen LogP contribution in [0.1, 0.15) is 11.1 Å². The van der Waals surface area contributed by atoms with Crippen molar-refractivity contribution in [1.29, 1.82) is 5.26 Å². The van der Waals surface area contributed by atoms with Gasteiger partial charge in [-0.2, -0.15) is 18.4 Å². The van der Waals surface area contributed by atoms with Crippen LogP contribution in [-0.2, 0) is 6.18 Å². The van der Waals surface area contributed by atoms with Gasteiger partial charge in [0, 0.05) is 0 Å². The Labute approximate surface area is 111 Å². The third-order valence-corrected chi connectivity index (χ3v) is 2.47. The third-order valence-electron chi connectivity index (χ3n) is 2.47. The Bertz CT molecular complexity index is 656. The molecule has 6 heteroatoms. The van der Waals surface area contributed by atoms with Crippen LogP contribution in [0, 0.1) is 17.1 Å². The van der Waals surface area contributed by atoms with Gasteiger partial charge in [0.05, 0.1) is 17.2 Å². The minimum Gasteiger partial charge on any atom is -0.457 e. The zero-order chi connectivity index (χ0) is 14.8. The summed E-state index contributed by atoms with van der Waals surface area (Å²) in [5.41, 5.74) is -1.55. The lowest BCUT2D eigenvalue weighted by Crippen LogP contribution is -2.07. The van der Waals surface area contributed by atoms with Crippen LogP contribution in [0.4, 0.5) is 17.6 Å². The van der Waals surface area contributed by atoms with Gasteiger partial charge in [-0.3, -0.25) is 0 Å². The Hall–Kier alpha value is -2.55. The van der Waals surface area contributed by atoms with E-state index in [0.717, 1.165) is 24.3 Å². The molecule has 2 aromatic rings. The van der Waals surface area contributed by atoms with Crippen LogP contribution in [0.3, 0.4) is 0 Å². The monoisotopic (exact) mass is 281 g/mol. The molecule has 2 rings (SSSR count). The SMILES string of the molecule is N#Cc1ccc(Oc2ccc(F)cc2)cc1C(F)(F)F. The van der Waals surface area contributed by atoms with Crippen molar-refractivity contribution in [3.05, 3.63) is 59.4 Å². The van der Waals surface area contributed by atoms with Crippen molar-refractivity contribution in [2.24, 2.45) is 0 Å². The summed E-state index contributed by atoms with van der Waals surface area (Å²) in [6.07, 6.45) is -4.65. The number of ether oxygens (including phenoxy) is 1. The molecule has 0 atom stereocenters. The lowest BCUT2D eigenvalue weighted by Gasteiger charge is -2.11. The van der Waals surface area contributed by atoms with Crippen LogP contribution >= 0.6 is 0 Å². The molecule has 0 amide bonds. The highest BCUT2D eigenvalue weighted by Crippen LogP contribution is 2.35. The Morgan fingerprint density at radius 1 is 0.950 bits per heavy atom. The molecule has 2 aromatic carbocycles. The van der Waals surface area contributed by atoms with Crippen molar-refractivity contribution in [3.63, 3.8) is 0 Å². The highest BCUT2D eigenvalue weighted by molar-refractivity contribution is 5.45. The van der Waals surface area contributed by atoms with Gasteiger partial charge in [0.1, 0.15) is 17.3 Å². The number of halogens is 4. The van der Waals surface area contributed by atoms with E-state index in [-0.39, 0.29) is 11.5 Å². The van der Waals surface area contributed by atoms with E-state index in [1.54, 1.807) is 0 Å². The van der Waals surface area contributed by atoms with Gasteiger partial charge in [-0.25, -0.2) is 4.39 Å². The normalized spacial score (nSPS) is 10.9. The molecule has 0 heterocycles. The second-order valence-corrected chi connectivity index (χ2v) is 3.87. The highest BCUT2D eigenvalue weighted by atomic mass is 19.4. The molecular weight excluding hydrogens is 274 g/mol. The van der Waals surface area contributed by atoms with E-state index >= 15 is 0 Å². The maximum Gasteiger partial charge on any atom is 0.417 e. The largest absolute Gasteiger partial charge is 0.457 e. The molecule has 0 aliphatic rings. The standard InChI is InChI=1S/C14H7F4NO/c15-10-2-5-11(6-3-10)20-12-4-1-9(8-19)13(7-12)14(16,17)18/h1-7H. The number of benzene rings is 2. The summed E-state index contributed by atoms with van der Waals surface area (Å²) in [6.45, 7) is 0. The summed E-state index contributed by atoms with van der Waals surface area (Å²) in [5, 5.41) is 8.66. The molecule has 0 N–H and O–H groups in total. The second kappa shape index (κ2) is 5.21. The van der Waals surface area contributed by atoms with E-state index in [0.29, 0.717) is 0 Å². The Morgan fingerprint density at radius 2 is 1.55 bits per heavy atom. The van der Waals surface area contributed by atoms with E-state index < -0.39 is 23.1 Å². The first-order chi connectivity index (χ1) is 9.40. The van der Waals surface area contributed by atoms with Crippen molar-refractivity contribution in [2.75, 3.05) is 0 Å². The average Bonchev–Trinajstić information content (AvgIpc) is 2.40. The Morgan fingerprint density at radius 3 is 2.10 bits per heavy atom. The molecule has 0 aliphatic heterocycles.